The highest BCUT2D eigenvalue weighted by molar-refractivity contribution is 7.92. The van der Waals surface area contributed by atoms with Crippen molar-refractivity contribution in [3.8, 4) is 17.0 Å². The van der Waals surface area contributed by atoms with Gasteiger partial charge in [0.15, 0.2) is 5.75 Å². The first-order valence-electron chi connectivity index (χ1n) is 10.3. The van der Waals surface area contributed by atoms with Crippen LogP contribution in [0.15, 0.2) is 53.5 Å². The van der Waals surface area contributed by atoms with E-state index in [9.17, 15) is 26.7 Å². The van der Waals surface area contributed by atoms with Crippen molar-refractivity contribution >= 4 is 38.5 Å². The number of anilines is 1. The first-order valence-corrected chi connectivity index (χ1v) is 12.6. The summed E-state index contributed by atoms with van der Waals surface area (Å²) >= 11 is 5.41. The van der Waals surface area contributed by atoms with E-state index in [0.29, 0.717) is 28.2 Å². The molecule has 2 aromatic carbocycles. The van der Waals surface area contributed by atoms with E-state index >= 15 is 0 Å². The molecule has 12 heteroatoms. The van der Waals surface area contributed by atoms with Gasteiger partial charge in [-0.3, -0.25) is 14.4 Å². The molecule has 2 N–H and O–H groups in total. The SMILES string of the molecule is CC(=NCC(=S)Cc1cccc(NS(C)(=O)=O)c1)c1nn(C)c(-c2ccc(C(F)(F)F)cc2)c1O. The molecule has 0 saturated carbocycles. The number of aryl methyl sites for hydroxylation is 1. The summed E-state index contributed by atoms with van der Waals surface area (Å²) in [6, 6.07) is 11.3. The van der Waals surface area contributed by atoms with Crippen LogP contribution in [0.1, 0.15) is 23.7 Å². The number of rotatable bonds is 8. The van der Waals surface area contributed by atoms with Crippen molar-refractivity contribution < 1.29 is 26.7 Å². The van der Waals surface area contributed by atoms with E-state index in [-0.39, 0.29) is 23.7 Å². The number of halogens is 3. The predicted molar refractivity (Wildman–Crippen MR) is 134 cm³/mol. The van der Waals surface area contributed by atoms with E-state index in [0.717, 1.165) is 24.0 Å². The van der Waals surface area contributed by atoms with Gasteiger partial charge in [0.2, 0.25) is 10.0 Å². The Bertz CT molecular complexity index is 1380. The zero-order valence-electron chi connectivity index (χ0n) is 19.1. The van der Waals surface area contributed by atoms with Gasteiger partial charge in [0, 0.05) is 29.6 Å². The smallest absolute Gasteiger partial charge is 0.416 e. The molecule has 3 aromatic rings. The summed E-state index contributed by atoms with van der Waals surface area (Å²) in [4.78, 5) is 4.99. The van der Waals surface area contributed by atoms with Crippen LogP contribution in [-0.4, -0.2) is 46.7 Å². The Morgan fingerprint density at radius 3 is 2.46 bits per heavy atom. The maximum absolute atomic E-state index is 12.8. The van der Waals surface area contributed by atoms with E-state index in [1.807, 2.05) is 6.07 Å². The minimum atomic E-state index is -4.45. The van der Waals surface area contributed by atoms with Crippen molar-refractivity contribution in [2.75, 3.05) is 17.5 Å². The number of aromatic hydroxyl groups is 1. The zero-order chi connectivity index (χ0) is 26.0. The van der Waals surface area contributed by atoms with Gasteiger partial charge >= 0.3 is 6.18 Å². The van der Waals surface area contributed by atoms with Crippen LogP contribution in [0.25, 0.3) is 11.3 Å². The number of thiocarbonyl (C=S) groups is 1. The number of sulfonamides is 1. The van der Waals surface area contributed by atoms with Crippen LogP contribution < -0.4 is 4.72 Å². The highest BCUT2D eigenvalue weighted by atomic mass is 32.2. The van der Waals surface area contributed by atoms with Gasteiger partial charge < -0.3 is 5.11 Å². The number of nitrogens with zero attached hydrogens (tertiary/aromatic N) is 3. The molecule has 1 aromatic heterocycles. The van der Waals surface area contributed by atoms with Crippen molar-refractivity contribution in [2.24, 2.45) is 12.0 Å². The lowest BCUT2D eigenvalue weighted by molar-refractivity contribution is -0.137. The molecular weight excluding hydrogens is 501 g/mol. The number of nitrogens with one attached hydrogen (secondary N) is 1. The zero-order valence-corrected chi connectivity index (χ0v) is 20.7. The Kier molecular flexibility index (Phi) is 7.65. The second-order valence-electron chi connectivity index (χ2n) is 7.94. The summed E-state index contributed by atoms with van der Waals surface area (Å²) in [5, 5.41) is 15.0. The fraction of sp³-hybridized carbons (Fsp3) is 0.261. The van der Waals surface area contributed by atoms with Gasteiger partial charge in [0.25, 0.3) is 0 Å². The van der Waals surface area contributed by atoms with Crippen LogP contribution in [0.3, 0.4) is 0 Å². The monoisotopic (exact) mass is 524 g/mol. The number of benzene rings is 2. The summed E-state index contributed by atoms with van der Waals surface area (Å²) < 4.78 is 65.2. The Morgan fingerprint density at radius 1 is 1.20 bits per heavy atom. The standard InChI is InChI=1S/C23H23F3N4O3S2/c1-14(27-13-19(34)12-15-5-4-6-18(11-15)29-35(3,32)33)20-22(31)21(30(2)28-20)16-7-9-17(10-8-16)23(24,25)26/h4-11,29,31H,12-13H2,1-3H3. The molecule has 0 aliphatic heterocycles. The molecule has 1 heterocycles. The molecule has 35 heavy (non-hydrogen) atoms. The molecule has 0 aliphatic rings. The van der Waals surface area contributed by atoms with Gasteiger partial charge in [0.1, 0.15) is 11.4 Å². The number of hydrogen-bond acceptors (Lipinski definition) is 6. The van der Waals surface area contributed by atoms with Crippen LogP contribution in [0, 0.1) is 0 Å². The van der Waals surface area contributed by atoms with Crippen molar-refractivity contribution in [1.29, 1.82) is 0 Å². The lowest BCUT2D eigenvalue weighted by Gasteiger charge is -2.08. The molecule has 7 nitrogen and oxygen atoms in total. The lowest BCUT2D eigenvalue weighted by Crippen LogP contribution is -2.10. The Hall–Kier alpha value is -3.25. The molecule has 0 amide bonds. The third kappa shape index (κ3) is 6.89. The van der Waals surface area contributed by atoms with Gasteiger partial charge in [-0.1, -0.05) is 36.5 Å². The summed E-state index contributed by atoms with van der Waals surface area (Å²) in [6.45, 7) is 1.81. The van der Waals surface area contributed by atoms with Crippen LogP contribution in [0.4, 0.5) is 18.9 Å². The van der Waals surface area contributed by atoms with Gasteiger partial charge in [-0.2, -0.15) is 18.3 Å². The second-order valence-corrected chi connectivity index (χ2v) is 10.3. The van der Waals surface area contributed by atoms with E-state index < -0.39 is 21.8 Å². The first-order chi connectivity index (χ1) is 16.2. The largest absolute Gasteiger partial charge is 0.504 e. The minimum absolute atomic E-state index is 0.163. The quantitative estimate of drug-likeness (QED) is 0.332. The molecule has 0 aliphatic carbocycles. The first kappa shape index (κ1) is 26.4. The van der Waals surface area contributed by atoms with Crippen LogP contribution in [0.5, 0.6) is 5.75 Å². The topological polar surface area (TPSA) is 96.6 Å². The fourth-order valence-corrected chi connectivity index (χ4v) is 4.21. The maximum Gasteiger partial charge on any atom is 0.416 e. The molecule has 0 spiro atoms. The van der Waals surface area contributed by atoms with Crippen LogP contribution in [-0.2, 0) is 29.7 Å². The molecule has 0 fully saturated rings. The van der Waals surface area contributed by atoms with E-state index in [2.05, 4.69) is 14.8 Å². The highest BCUT2D eigenvalue weighted by Crippen LogP contribution is 2.35. The van der Waals surface area contributed by atoms with Crippen LogP contribution in [0.2, 0.25) is 0 Å². The lowest BCUT2D eigenvalue weighted by atomic mass is 10.1. The molecule has 0 bridgehead atoms. The number of alkyl halides is 3. The number of aromatic nitrogens is 2. The second kappa shape index (κ2) is 10.2. The summed E-state index contributed by atoms with van der Waals surface area (Å²) in [7, 11) is -1.82. The van der Waals surface area contributed by atoms with Gasteiger partial charge in [0.05, 0.1) is 24.1 Å². The molecule has 0 saturated heterocycles. The highest BCUT2D eigenvalue weighted by Gasteiger charge is 2.30. The fourth-order valence-electron chi connectivity index (χ4n) is 3.42. The average molecular weight is 525 g/mol. The number of hydrogen-bond donors (Lipinski definition) is 2. The van der Waals surface area contributed by atoms with Crippen molar-refractivity contribution in [3.05, 3.63) is 65.4 Å². The van der Waals surface area contributed by atoms with E-state index in [1.54, 1.807) is 32.2 Å². The van der Waals surface area contributed by atoms with Crippen molar-refractivity contribution in [1.82, 2.24) is 9.78 Å². The summed E-state index contributed by atoms with van der Waals surface area (Å²) in [6.07, 6.45) is -3.00. The average Bonchev–Trinajstić information content (AvgIpc) is 3.04. The Balaban J connectivity index is 1.74. The number of aliphatic imine (C=N–C) groups is 1. The van der Waals surface area contributed by atoms with Gasteiger partial charge in [-0.15, -0.1) is 0 Å². The molecule has 3 rings (SSSR count). The molecular formula is C23H23F3N4O3S2. The van der Waals surface area contributed by atoms with Crippen LogP contribution >= 0.6 is 12.2 Å². The predicted octanol–water partition coefficient (Wildman–Crippen LogP) is 4.60. The van der Waals surface area contributed by atoms with Gasteiger partial charge in [-0.05, 0) is 36.8 Å². The van der Waals surface area contributed by atoms with Gasteiger partial charge in [-0.25, -0.2) is 8.42 Å². The van der Waals surface area contributed by atoms with Crippen molar-refractivity contribution in [2.45, 2.75) is 19.5 Å². The molecule has 186 valence electrons. The van der Waals surface area contributed by atoms with Crippen molar-refractivity contribution in [3.63, 3.8) is 0 Å². The van der Waals surface area contributed by atoms with E-state index in [1.165, 1.54) is 16.8 Å². The third-order valence-corrected chi connectivity index (χ3v) is 5.85. The third-order valence-electron chi connectivity index (χ3n) is 4.97. The summed E-state index contributed by atoms with van der Waals surface area (Å²) in [5.41, 5.74) is 1.70. The van der Waals surface area contributed by atoms with E-state index in [4.69, 9.17) is 12.2 Å². The minimum Gasteiger partial charge on any atom is -0.504 e. The Labute approximate surface area is 206 Å². The maximum atomic E-state index is 12.8. The molecule has 0 atom stereocenters. The summed E-state index contributed by atoms with van der Waals surface area (Å²) in [5.74, 6) is -0.195. The molecule has 0 unspecified atom stereocenters. The Morgan fingerprint density at radius 2 is 1.86 bits per heavy atom. The normalized spacial score (nSPS) is 12.6. The molecule has 0 radical (unpaired) electrons.